The standard InChI is InChI=1S/C27H36ClN3O4S/c1-20-9-4-5-10-22(20)19-30(21(2)27(33)29-24-11-6-7-12-24)26(32)13-8-18-31(36(3,34)35)25-16-14-23(28)15-17-25/h4-5,9-10,14-17,21,24H,6-8,11-13,18-19H2,1-3H3,(H,29,33). The minimum absolute atomic E-state index is 0.118. The molecule has 2 aromatic carbocycles. The maximum atomic E-state index is 13.4. The van der Waals surface area contributed by atoms with Crippen LogP contribution in [0, 0.1) is 6.92 Å². The molecule has 196 valence electrons. The number of carbonyl (C=O) groups excluding carboxylic acids is 2. The average molecular weight is 534 g/mol. The van der Waals surface area contributed by atoms with Gasteiger partial charge in [-0.1, -0.05) is 48.7 Å². The van der Waals surface area contributed by atoms with E-state index in [9.17, 15) is 18.0 Å². The first kappa shape index (κ1) is 28.0. The zero-order chi connectivity index (χ0) is 26.3. The Morgan fingerprint density at radius 3 is 2.33 bits per heavy atom. The molecule has 2 amide bonds. The van der Waals surface area contributed by atoms with E-state index < -0.39 is 16.1 Å². The minimum Gasteiger partial charge on any atom is -0.352 e. The first-order valence-electron chi connectivity index (χ1n) is 12.4. The van der Waals surface area contributed by atoms with Crippen molar-refractivity contribution in [1.82, 2.24) is 10.2 Å². The van der Waals surface area contributed by atoms with E-state index in [4.69, 9.17) is 11.6 Å². The summed E-state index contributed by atoms with van der Waals surface area (Å²) in [4.78, 5) is 28.1. The first-order chi connectivity index (χ1) is 17.1. The molecule has 3 rings (SSSR count). The number of benzene rings is 2. The maximum Gasteiger partial charge on any atom is 0.242 e. The molecule has 0 aromatic heterocycles. The highest BCUT2D eigenvalue weighted by atomic mass is 35.5. The topological polar surface area (TPSA) is 86.8 Å². The number of nitrogens with zero attached hydrogens (tertiary/aromatic N) is 2. The minimum atomic E-state index is -3.55. The molecule has 1 atom stereocenters. The van der Waals surface area contributed by atoms with E-state index in [0.29, 0.717) is 23.7 Å². The Hall–Kier alpha value is -2.58. The van der Waals surface area contributed by atoms with Gasteiger partial charge in [-0.2, -0.15) is 0 Å². The van der Waals surface area contributed by atoms with E-state index in [1.807, 2.05) is 31.2 Å². The highest BCUT2D eigenvalue weighted by Gasteiger charge is 2.29. The SMILES string of the molecule is Cc1ccccc1CN(C(=O)CCCN(c1ccc(Cl)cc1)S(C)(=O)=O)C(C)C(=O)NC1CCCC1. The lowest BCUT2D eigenvalue weighted by Gasteiger charge is -2.30. The van der Waals surface area contributed by atoms with E-state index >= 15 is 0 Å². The van der Waals surface area contributed by atoms with Crippen molar-refractivity contribution in [3.8, 4) is 0 Å². The van der Waals surface area contributed by atoms with E-state index in [2.05, 4.69) is 5.32 Å². The van der Waals surface area contributed by atoms with Gasteiger partial charge < -0.3 is 10.2 Å². The molecule has 0 heterocycles. The zero-order valence-electron chi connectivity index (χ0n) is 21.2. The van der Waals surface area contributed by atoms with Crippen LogP contribution in [0.2, 0.25) is 5.02 Å². The molecule has 1 N–H and O–H groups in total. The maximum absolute atomic E-state index is 13.4. The van der Waals surface area contributed by atoms with Gasteiger partial charge in [0, 0.05) is 30.6 Å². The van der Waals surface area contributed by atoms with Gasteiger partial charge in [-0.3, -0.25) is 13.9 Å². The lowest BCUT2D eigenvalue weighted by molar-refractivity contribution is -0.141. The van der Waals surface area contributed by atoms with Gasteiger partial charge in [0.15, 0.2) is 0 Å². The summed E-state index contributed by atoms with van der Waals surface area (Å²) in [6.45, 7) is 4.21. The molecule has 1 aliphatic carbocycles. The molecule has 0 radical (unpaired) electrons. The van der Waals surface area contributed by atoms with Gasteiger partial charge in [0.25, 0.3) is 0 Å². The molecular formula is C27H36ClN3O4S. The van der Waals surface area contributed by atoms with Crippen LogP contribution in [0.25, 0.3) is 0 Å². The molecule has 36 heavy (non-hydrogen) atoms. The van der Waals surface area contributed by atoms with Crippen LogP contribution < -0.4 is 9.62 Å². The van der Waals surface area contributed by atoms with Crippen LogP contribution in [-0.2, 0) is 26.2 Å². The zero-order valence-corrected chi connectivity index (χ0v) is 22.8. The van der Waals surface area contributed by atoms with Crippen LogP contribution in [0.3, 0.4) is 0 Å². The Morgan fingerprint density at radius 2 is 1.72 bits per heavy atom. The normalized spacial score (nSPS) is 14.9. The lowest BCUT2D eigenvalue weighted by Crippen LogP contribution is -2.49. The molecule has 1 fully saturated rings. The van der Waals surface area contributed by atoms with Gasteiger partial charge in [-0.05, 0) is 68.5 Å². The number of amides is 2. The predicted molar refractivity (Wildman–Crippen MR) is 144 cm³/mol. The molecule has 1 aliphatic rings. The van der Waals surface area contributed by atoms with Crippen LogP contribution in [0.5, 0.6) is 0 Å². The van der Waals surface area contributed by atoms with Crippen molar-refractivity contribution < 1.29 is 18.0 Å². The molecular weight excluding hydrogens is 498 g/mol. The quantitative estimate of drug-likeness (QED) is 0.454. The highest BCUT2D eigenvalue weighted by Crippen LogP contribution is 2.22. The summed E-state index contributed by atoms with van der Waals surface area (Å²) in [5.41, 5.74) is 2.52. The number of hydrogen-bond donors (Lipinski definition) is 1. The molecule has 7 nitrogen and oxygen atoms in total. The predicted octanol–water partition coefficient (Wildman–Crippen LogP) is 4.67. The Balaban J connectivity index is 1.72. The van der Waals surface area contributed by atoms with Crippen molar-refractivity contribution in [1.29, 1.82) is 0 Å². The summed E-state index contributed by atoms with van der Waals surface area (Å²) in [5, 5.41) is 3.62. The summed E-state index contributed by atoms with van der Waals surface area (Å²) in [5.74, 6) is -0.334. The third kappa shape index (κ3) is 7.71. The summed E-state index contributed by atoms with van der Waals surface area (Å²) < 4.78 is 26.1. The summed E-state index contributed by atoms with van der Waals surface area (Å²) >= 11 is 5.95. The Labute approximate surface area is 219 Å². The van der Waals surface area contributed by atoms with Gasteiger partial charge in [0.05, 0.1) is 11.9 Å². The number of carbonyl (C=O) groups is 2. The van der Waals surface area contributed by atoms with Gasteiger partial charge in [-0.25, -0.2) is 8.42 Å². The fourth-order valence-electron chi connectivity index (χ4n) is 4.56. The fraction of sp³-hybridized carbons (Fsp3) is 0.481. The van der Waals surface area contributed by atoms with Crippen molar-refractivity contribution in [2.45, 2.75) is 71.0 Å². The number of hydrogen-bond acceptors (Lipinski definition) is 4. The average Bonchev–Trinajstić information content (AvgIpc) is 3.34. The smallest absolute Gasteiger partial charge is 0.242 e. The van der Waals surface area contributed by atoms with Crippen molar-refractivity contribution in [3.05, 3.63) is 64.7 Å². The molecule has 1 saturated carbocycles. The van der Waals surface area contributed by atoms with Crippen molar-refractivity contribution in [3.63, 3.8) is 0 Å². The number of sulfonamides is 1. The van der Waals surface area contributed by atoms with Crippen LogP contribution >= 0.6 is 11.6 Å². The monoisotopic (exact) mass is 533 g/mol. The second kappa shape index (κ2) is 12.6. The van der Waals surface area contributed by atoms with Crippen molar-refractivity contribution in [2.24, 2.45) is 0 Å². The summed E-state index contributed by atoms with van der Waals surface area (Å²) in [7, 11) is -3.55. The van der Waals surface area contributed by atoms with Gasteiger partial charge in [0.1, 0.15) is 6.04 Å². The molecule has 1 unspecified atom stereocenters. The lowest BCUT2D eigenvalue weighted by atomic mass is 10.1. The molecule has 0 bridgehead atoms. The van der Waals surface area contributed by atoms with E-state index in [0.717, 1.165) is 43.1 Å². The summed E-state index contributed by atoms with van der Waals surface area (Å²) in [6, 6.07) is 13.9. The third-order valence-electron chi connectivity index (χ3n) is 6.74. The highest BCUT2D eigenvalue weighted by molar-refractivity contribution is 7.92. The number of anilines is 1. The second-order valence-corrected chi connectivity index (χ2v) is 11.9. The van der Waals surface area contributed by atoms with Gasteiger partial charge in [0.2, 0.25) is 21.8 Å². The number of aryl methyl sites for hydroxylation is 1. The molecule has 9 heteroatoms. The third-order valence-corrected chi connectivity index (χ3v) is 8.18. The van der Waals surface area contributed by atoms with Gasteiger partial charge >= 0.3 is 0 Å². The second-order valence-electron chi connectivity index (χ2n) is 9.53. The molecule has 0 saturated heterocycles. The van der Waals surface area contributed by atoms with Gasteiger partial charge in [-0.15, -0.1) is 0 Å². The number of halogens is 1. The molecule has 0 spiro atoms. The first-order valence-corrected chi connectivity index (χ1v) is 14.7. The Morgan fingerprint density at radius 1 is 1.08 bits per heavy atom. The summed E-state index contributed by atoms with van der Waals surface area (Å²) in [6.07, 6.45) is 5.73. The van der Waals surface area contributed by atoms with Crippen molar-refractivity contribution in [2.75, 3.05) is 17.1 Å². The van der Waals surface area contributed by atoms with Crippen molar-refractivity contribution >= 4 is 39.1 Å². The number of rotatable bonds is 11. The molecule has 0 aliphatic heterocycles. The van der Waals surface area contributed by atoms with Crippen LogP contribution in [0.15, 0.2) is 48.5 Å². The van der Waals surface area contributed by atoms with Crippen LogP contribution in [-0.4, -0.2) is 50.0 Å². The van der Waals surface area contributed by atoms with Crippen LogP contribution in [0.1, 0.15) is 56.6 Å². The Kier molecular flexibility index (Phi) is 9.79. The van der Waals surface area contributed by atoms with Crippen LogP contribution in [0.4, 0.5) is 5.69 Å². The largest absolute Gasteiger partial charge is 0.352 e. The number of nitrogens with one attached hydrogen (secondary N) is 1. The van der Waals surface area contributed by atoms with E-state index in [-0.39, 0.29) is 30.8 Å². The van der Waals surface area contributed by atoms with E-state index in [1.165, 1.54) is 4.31 Å². The fourth-order valence-corrected chi connectivity index (χ4v) is 5.65. The molecule has 2 aromatic rings. The Bertz CT molecular complexity index is 1150. The van der Waals surface area contributed by atoms with E-state index in [1.54, 1.807) is 36.1 Å².